The molecule has 0 saturated carbocycles. The summed E-state index contributed by atoms with van der Waals surface area (Å²) in [6.07, 6.45) is 1.88. The minimum Gasteiger partial charge on any atom is -0.478 e. The number of aromatic carboxylic acids is 2. The Morgan fingerprint density at radius 2 is 1.89 bits per heavy atom. The van der Waals surface area contributed by atoms with Gasteiger partial charge in [-0.2, -0.15) is 10.2 Å². The van der Waals surface area contributed by atoms with Crippen molar-refractivity contribution >= 4 is 22.7 Å². The molecule has 2 aromatic rings. The number of hydrogen-bond acceptors (Lipinski definition) is 4. The zero-order valence-electron chi connectivity index (χ0n) is 9.54. The van der Waals surface area contributed by atoms with Gasteiger partial charge in [0.1, 0.15) is 0 Å². The molecule has 1 heterocycles. The first-order valence-corrected chi connectivity index (χ1v) is 5.30. The van der Waals surface area contributed by atoms with Crippen molar-refractivity contribution in [3.63, 3.8) is 0 Å². The highest BCUT2D eigenvalue weighted by Gasteiger charge is 2.20. The van der Waals surface area contributed by atoms with Gasteiger partial charge in [-0.3, -0.25) is 0 Å². The van der Waals surface area contributed by atoms with Gasteiger partial charge in [-0.15, -0.1) is 0 Å². The van der Waals surface area contributed by atoms with E-state index >= 15 is 0 Å². The van der Waals surface area contributed by atoms with Crippen LogP contribution in [0.25, 0.3) is 10.8 Å². The summed E-state index contributed by atoms with van der Waals surface area (Å²) >= 11 is 0. The van der Waals surface area contributed by atoms with E-state index in [4.69, 9.17) is 10.2 Å². The van der Waals surface area contributed by atoms with Gasteiger partial charge in [-0.05, 0) is 12.5 Å². The Hall–Kier alpha value is -2.50. The van der Waals surface area contributed by atoms with Crippen LogP contribution in [0.15, 0.2) is 18.3 Å². The lowest BCUT2D eigenvalue weighted by molar-refractivity contribution is 0.0653. The third-order valence-corrected chi connectivity index (χ3v) is 2.70. The van der Waals surface area contributed by atoms with Gasteiger partial charge in [0, 0.05) is 10.8 Å². The zero-order chi connectivity index (χ0) is 13.3. The number of nitrogens with zero attached hydrogens (tertiary/aromatic N) is 2. The molecule has 18 heavy (non-hydrogen) atoms. The van der Waals surface area contributed by atoms with Gasteiger partial charge in [0.25, 0.3) is 0 Å². The number of carboxylic acids is 2. The van der Waals surface area contributed by atoms with E-state index in [1.165, 1.54) is 12.3 Å². The van der Waals surface area contributed by atoms with Crippen molar-refractivity contribution in [3.05, 3.63) is 35.2 Å². The normalized spacial score (nSPS) is 10.5. The number of carbonyl (C=O) groups is 2. The lowest BCUT2D eigenvalue weighted by atomic mass is 9.99. The summed E-state index contributed by atoms with van der Waals surface area (Å²) in [5.41, 5.74) is 0.154. The maximum Gasteiger partial charge on any atom is 0.337 e. The Balaban J connectivity index is 2.91. The van der Waals surface area contributed by atoms with Crippen molar-refractivity contribution in [2.45, 2.75) is 13.3 Å². The third kappa shape index (κ3) is 1.77. The summed E-state index contributed by atoms with van der Waals surface area (Å²) in [7, 11) is 0. The minimum absolute atomic E-state index is 0.245. The highest BCUT2D eigenvalue weighted by atomic mass is 16.4. The molecule has 6 heteroatoms. The van der Waals surface area contributed by atoms with E-state index in [1.807, 2.05) is 6.92 Å². The fourth-order valence-electron chi connectivity index (χ4n) is 1.89. The number of hydrogen-bond donors (Lipinski definition) is 2. The van der Waals surface area contributed by atoms with E-state index in [0.29, 0.717) is 22.9 Å². The molecule has 0 bridgehead atoms. The van der Waals surface area contributed by atoms with Gasteiger partial charge in [0.15, 0.2) is 0 Å². The molecule has 0 fully saturated rings. The van der Waals surface area contributed by atoms with E-state index in [2.05, 4.69) is 10.2 Å². The van der Waals surface area contributed by atoms with Crippen LogP contribution in [-0.2, 0) is 6.42 Å². The number of aromatic nitrogens is 2. The minimum atomic E-state index is -1.28. The lowest BCUT2D eigenvalue weighted by Gasteiger charge is -2.08. The summed E-state index contributed by atoms with van der Waals surface area (Å²) < 4.78 is 0. The Morgan fingerprint density at radius 1 is 1.17 bits per heavy atom. The summed E-state index contributed by atoms with van der Waals surface area (Å²) in [4.78, 5) is 22.3. The van der Waals surface area contributed by atoms with Crippen molar-refractivity contribution in [2.75, 3.05) is 0 Å². The van der Waals surface area contributed by atoms with Crippen molar-refractivity contribution in [2.24, 2.45) is 0 Å². The molecule has 0 aliphatic carbocycles. The first kappa shape index (κ1) is 12.0. The van der Waals surface area contributed by atoms with Crippen LogP contribution in [0.4, 0.5) is 0 Å². The molecule has 0 aliphatic heterocycles. The van der Waals surface area contributed by atoms with Crippen LogP contribution >= 0.6 is 0 Å². The maximum absolute atomic E-state index is 11.2. The predicted octanol–water partition coefficient (Wildman–Crippen LogP) is 1.59. The van der Waals surface area contributed by atoms with Gasteiger partial charge in [0.2, 0.25) is 0 Å². The van der Waals surface area contributed by atoms with Crippen LogP contribution in [0.1, 0.15) is 33.3 Å². The third-order valence-electron chi connectivity index (χ3n) is 2.70. The summed E-state index contributed by atoms with van der Waals surface area (Å²) in [5, 5.41) is 26.7. The molecule has 1 aromatic heterocycles. The molecule has 0 unspecified atom stereocenters. The summed E-state index contributed by atoms with van der Waals surface area (Å²) in [6.45, 7) is 1.87. The Labute approximate surface area is 102 Å². The SMILES string of the molecule is CCc1nncc2c(C(=O)O)c(C(=O)O)ccc12. The molecule has 0 radical (unpaired) electrons. The van der Waals surface area contributed by atoms with E-state index in [-0.39, 0.29) is 11.1 Å². The number of rotatable bonds is 3. The first-order valence-electron chi connectivity index (χ1n) is 5.30. The predicted molar refractivity (Wildman–Crippen MR) is 62.8 cm³/mol. The van der Waals surface area contributed by atoms with Crippen LogP contribution in [-0.4, -0.2) is 32.3 Å². The second-order valence-electron chi connectivity index (χ2n) is 3.70. The molecule has 92 valence electrons. The average Bonchev–Trinajstić information content (AvgIpc) is 2.35. The zero-order valence-corrected chi connectivity index (χ0v) is 9.54. The van der Waals surface area contributed by atoms with Crippen molar-refractivity contribution in [1.82, 2.24) is 10.2 Å². The Bertz CT molecular complexity index is 652. The molecule has 0 aliphatic rings. The average molecular weight is 246 g/mol. The van der Waals surface area contributed by atoms with Crippen LogP contribution < -0.4 is 0 Å². The maximum atomic E-state index is 11.2. The molecular weight excluding hydrogens is 236 g/mol. The van der Waals surface area contributed by atoms with Crippen LogP contribution in [0.5, 0.6) is 0 Å². The largest absolute Gasteiger partial charge is 0.478 e. The second-order valence-corrected chi connectivity index (χ2v) is 3.70. The van der Waals surface area contributed by atoms with Crippen molar-refractivity contribution in [3.8, 4) is 0 Å². The molecule has 2 rings (SSSR count). The number of benzene rings is 1. The van der Waals surface area contributed by atoms with E-state index < -0.39 is 11.9 Å². The fraction of sp³-hybridized carbons (Fsp3) is 0.167. The van der Waals surface area contributed by atoms with Gasteiger partial charge < -0.3 is 10.2 Å². The Kier molecular flexibility index (Phi) is 2.93. The highest BCUT2D eigenvalue weighted by molar-refractivity contribution is 6.11. The monoisotopic (exact) mass is 246 g/mol. The highest BCUT2D eigenvalue weighted by Crippen LogP contribution is 2.24. The number of aryl methyl sites for hydroxylation is 1. The molecule has 0 atom stereocenters. The van der Waals surface area contributed by atoms with Gasteiger partial charge >= 0.3 is 11.9 Å². The molecule has 0 saturated heterocycles. The van der Waals surface area contributed by atoms with Crippen molar-refractivity contribution in [1.29, 1.82) is 0 Å². The first-order chi connectivity index (χ1) is 8.56. The smallest absolute Gasteiger partial charge is 0.337 e. The lowest BCUT2D eigenvalue weighted by Crippen LogP contribution is -2.09. The second kappa shape index (κ2) is 4.40. The van der Waals surface area contributed by atoms with Crippen LogP contribution in [0, 0.1) is 0 Å². The van der Waals surface area contributed by atoms with Gasteiger partial charge in [0.05, 0.1) is 23.0 Å². The molecule has 0 amide bonds. The number of carboxylic acid groups (broad SMARTS) is 2. The van der Waals surface area contributed by atoms with E-state index in [0.717, 1.165) is 0 Å². The van der Waals surface area contributed by atoms with E-state index in [9.17, 15) is 9.59 Å². The fourth-order valence-corrected chi connectivity index (χ4v) is 1.89. The molecule has 6 nitrogen and oxygen atoms in total. The summed E-state index contributed by atoms with van der Waals surface area (Å²) in [5.74, 6) is -2.56. The molecule has 0 spiro atoms. The Morgan fingerprint density at radius 3 is 2.44 bits per heavy atom. The standard InChI is InChI=1S/C12H10N2O4/c1-2-9-6-3-4-7(11(15)16)10(12(17)18)8(6)5-13-14-9/h3-5H,2H2,1H3,(H,15,16)(H,17,18). The van der Waals surface area contributed by atoms with Crippen molar-refractivity contribution < 1.29 is 19.8 Å². The molecular formula is C12H10N2O4. The quantitative estimate of drug-likeness (QED) is 0.852. The topological polar surface area (TPSA) is 100 Å². The van der Waals surface area contributed by atoms with Gasteiger partial charge in [-0.25, -0.2) is 9.59 Å². The van der Waals surface area contributed by atoms with E-state index in [1.54, 1.807) is 6.07 Å². The van der Waals surface area contributed by atoms with Gasteiger partial charge in [-0.1, -0.05) is 13.0 Å². The van der Waals surface area contributed by atoms with Crippen LogP contribution in [0.3, 0.4) is 0 Å². The summed E-state index contributed by atoms with van der Waals surface area (Å²) in [6, 6.07) is 2.85. The molecule has 2 N–H and O–H groups in total. The number of fused-ring (bicyclic) bond motifs is 1. The van der Waals surface area contributed by atoms with Crippen LogP contribution in [0.2, 0.25) is 0 Å². The molecule has 1 aromatic carbocycles.